The molecular weight excluding hydrogens is 190 g/mol. The molecule has 15 heavy (non-hydrogen) atoms. The van der Waals surface area contributed by atoms with Crippen molar-refractivity contribution >= 4 is 11.7 Å². The molecular formula is C11H15N3O. The summed E-state index contributed by atoms with van der Waals surface area (Å²) in [6.45, 7) is 0.931. The van der Waals surface area contributed by atoms with Gasteiger partial charge in [0.15, 0.2) is 0 Å². The van der Waals surface area contributed by atoms with Gasteiger partial charge in [-0.3, -0.25) is 4.79 Å². The van der Waals surface area contributed by atoms with Gasteiger partial charge in [-0.05, 0) is 31.5 Å². The fourth-order valence-electron chi connectivity index (χ4n) is 1.73. The number of amides is 1. The summed E-state index contributed by atoms with van der Waals surface area (Å²) >= 11 is 0. The van der Waals surface area contributed by atoms with E-state index in [1.54, 1.807) is 12.3 Å². The number of nitrogens with one attached hydrogen (secondary N) is 2. The molecule has 1 atom stereocenters. The Kier molecular flexibility index (Phi) is 3.29. The third kappa shape index (κ3) is 2.76. The predicted octanol–water partition coefficient (Wildman–Crippen LogP) is 1.16. The lowest BCUT2D eigenvalue weighted by Gasteiger charge is -2.22. The van der Waals surface area contributed by atoms with Crippen LogP contribution in [0, 0.1) is 0 Å². The lowest BCUT2D eigenvalue weighted by Crippen LogP contribution is -2.43. The van der Waals surface area contributed by atoms with Gasteiger partial charge >= 0.3 is 0 Å². The zero-order valence-electron chi connectivity index (χ0n) is 8.57. The Morgan fingerprint density at radius 1 is 1.47 bits per heavy atom. The first-order valence-electron chi connectivity index (χ1n) is 5.31. The van der Waals surface area contributed by atoms with Crippen molar-refractivity contribution in [2.45, 2.75) is 25.3 Å². The molecule has 80 valence electrons. The van der Waals surface area contributed by atoms with Crippen molar-refractivity contribution in [1.82, 2.24) is 10.3 Å². The van der Waals surface area contributed by atoms with E-state index >= 15 is 0 Å². The highest BCUT2D eigenvalue weighted by Crippen LogP contribution is 2.09. The molecule has 0 bridgehead atoms. The number of hydrogen-bond donors (Lipinski definition) is 2. The van der Waals surface area contributed by atoms with Crippen molar-refractivity contribution in [1.29, 1.82) is 0 Å². The van der Waals surface area contributed by atoms with Crippen molar-refractivity contribution in [2.24, 2.45) is 0 Å². The number of rotatable bonds is 2. The maximum Gasteiger partial charge on any atom is 0.242 e. The van der Waals surface area contributed by atoms with Gasteiger partial charge in [0.25, 0.3) is 0 Å². The molecule has 2 N–H and O–H groups in total. The first kappa shape index (κ1) is 10.1. The molecule has 1 amide bonds. The molecule has 1 aromatic rings. The van der Waals surface area contributed by atoms with Crippen molar-refractivity contribution < 1.29 is 4.79 Å². The van der Waals surface area contributed by atoms with Gasteiger partial charge in [0.2, 0.25) is 5.91 Å². The summed E-state index contributed by atoms with van der Waals surface area (Å²) in [5.41, 5.74) is 0. The van der Waals surface area contributed by atoms with E-state index in [1.807, 2.05) is 12.1 Å². The molecule has 0 spiro atoms. The van der Waals surface area contributed by atoms with E-state index in [1.165, 1.54) is 0 Å². The topological polar surface area (TPSA) is 54.0 Å². The lowest BCUT2D eigenvalue weighted by atomic mass is 10.0. The van der Waals surface area contributed by atoms with Crippen LogP contribution in [0.5, 0.6) is 0 Å². The Bertz CT molecular complexity index is 320. The SMILES string of the molecule is O=C(Nc1ccccn1)[C@H]1CCCCN1. The molecule has 1 aromatic heterocycles. The Hall–Kier alpha value is -1.42. The molecule has 1 saturated heterocycles. The first-order chi connectivity index (χ1) is 7.36. The monoisotopic (exact) mass is 205 g/mol. The molecule has 4 nitrogen and oxygen atoms in total. The van der Waals surface area contributed by atoms with Crippen LogP contribution in [0.4, 0.5) is 5.82 Å². The highest BCUT2D eigenvalue weighted by molar-refractivity contribution is 5.94. The molecule has 2 rings (SSSR count). The number of carbonyl (C=O) groups excluding carboxylic acids is 1. The van der Waals surface area contributed by atoms with Crippen LogP contribution in [0.3, 0.4) is 0 Å². The van der Waals surface area contributed by atoms with E-state index in [2.05, 4.69) is 15.6 Å². The van der Waals surface area contributed by atoms with E-state index < -0.39 is 0 Å². The van der Waals surface area contributed by atoms with Gasteiger partial charge in [0, 0.05) is 6.20 Å². The van der Waals surface area contributed by atoms with Crippen molar-refractivity contribution in [3.8, 4) is 0 Å². The van der Waals surface area contributed by atoms with Crippen LogP contribution >= 0.6 is 0 Å². The number of aromatic nitrogens is 1. The van der Waals surface area contributed by atoms with Gasteiger partial charge in [-0.2, -0.15) is 0 Å². The quantitative estimate of drug-likeness (QED) is 0.761. The summed E-state index contributed by atoms with van der Waals surface area (Å²) in [4.78, 5) is 15.8. The van der Waals surface area contributed by atoms with Crippen LogP contribution in [0.1, 0.15) is 19.3 Å². The molecule has 1 aliphatic heterocycles. The second kappa shape index (κ2) is 4.89. The largest absolute Gasteiger partial charge is 0.309 e. The van der Waals surface area contributed by atoms with Crippen LogP contribution in [0.2, 0.25) is 0 Å². The second-order valence-corrected chi connectivity index (χ2v) is 3.71. The Morgan fingerprint density at radius 2 is 2.40 bits per heavy atom. The highest BCUT2D eigenvalue weighted by atomic mass is 16.2. The zero-order chi connectivity index (χ0) is 10.5. The fraction of sp³-hybridized carbons (Fsp3) is 0.455. The minimum atomic E-state index is -0.0549. The number of hydrogen-bond acceptors (Lipinski definition) is 3. The maximum absolute atomic E-state index is 11.8. The number of carbonyl (C=O) groups is 1. The van der Waals surface area contributed by atoms with E-state index in [9.17, 15) is 4.79 Å². The lowest BCUT2D eigenvalue weighted by molar-refractivity contribution is -0.118. The number of anilines is 1. The molecule has 4 heteroatoms. The molecule has 0 aromatic carbocycles. The Labute approximate surface area is 89.1 Å². The molecule has 1 aliphatic rings. The molecule has 0 radical (unpaired) electrons. The molecule has 0 saturated carbocycles. The Morgan fingerprint density at radius 3 is 3.07 bits per heavy atom. The molecule has 2 heterocycles. The number of piperidine rings is 1. The van der Waals surface area contributed by atoms with E-state index in [0.717, 1.165) is 25.8 Å². The maximum atomic E-state index is 11.8. The van der Waals surface area contributed by atoms with Crippen molar-refractivity contribution in [3.05, 3.63) is 24.4 Å². The third-order valence-electron chi connectivity index (χ3n) is 2.54. The van der Waals surface area contributed by atoms with Gasteiger partial charge in [-0.15, -0.1) is 0 Å². The van der Waals surface area contributed by atoms with Crippen molar-refractivity contribution in [3.63, 3.8) is 0 Å². The van der Waals surface area contributed by atoms with E-state index in [0.29, 0.717) is 5.82 Å². The predicted molar refractivity (Wildman–Crippen MR) is 58.5 cm³/mol. The number of pyridine rings is 1. The Balaban J connectivity index is 1.91. The first-order valence-corrected chi connectivity index (χ1v) is 5.31. The third-order valence-corrected chi connectivity index (χ3v) is 2.54. The molecule has 1 fully saturated rings. The van der Waals surface area contributed by atoms with Gasteiger partial charge in [-0.1, -0.05) is 12.5 Å². The van der Waals surface area contributed by atoms with Crippen LogP contribution < -0.4 is 10.6 Å². The number of nitrogens with zero attached hydrogens (tertiary/aromatic N) is 1. The average molecular weight is 205 g/mol. The summed E-state index contributed by atoms with van der Waals surface area (Å²) in [5, 5.41) is 6.00. The second-order valence-electron chi connectivity index (χ2n) is 3.71. The zero-order valence-corrected chi connectivity index (χ0v) is 8.57. The summed E-state index contributed by atoms with van der Waals surface area (Å²) in [6, 6.07) is 5.42. The van der Waals surface area contributed by atoms with Crippen molar-refractivity contribution in [2.75, 3.05) is 11.9 Å². The summed E-state index contributed by atoms with van der Waals surface area (Å²) < 4.78 is 0. The molecule has 0 aliphatic carbocycles. The van der Waals surface area contributed by atoms with Crippen LogP contribution in [0.15, 0.2) is 24.4 Å². The highest BCUT2D eigenvalue weighted by Gasteiger charge is 2.20. The van der Waals surface area contributed by atoms with Crippen LogP contribution in [-0.2, 0) is 4.79 Å². The smallest absolute Gasteiger partial charge is 0.242 e. The summed E-state index contributed by atoms with van der Waals surface area (Å²) in [6.07, 6.45) is 4.86. The minimum Gasteiger partial charge on any atom is -0.309 e. The van der Waals surface area contributed by atoms with Gasteiger partial charge in [0.05, 0.1) is 6.04 Å². The fourth-order valence-corrected chi connectivity index (χ4v) is 1.73. The van der Waals surface area contributed by atoms with E-state index in [4.69, 9.17) is 0 Å². The average Bonchev–Trinajstić information content (AvgIpc) is 2.31. The normalized spacial score (nSPS) is 20.9. The van der Waals surface area contributed by atoms with Gasteiger partial charge < -0.3 is 10.6 Å². The molecule has 0 unspecified atom stereocenters. The minimum absolute atomic E-state index is 0.0217. The van der Waals surface area contributed by atoms with Crippen LogP contribution in [-0.4, -0.2) is 23.5 Å². The summed E-state index contributed by atoms with van der Waals surface area (Å²) in [5.74, 6) is 0.642. The standard InChI is InChI=1S/C11H15N3O/c15-11(9-5-1-3-7-12-9)14-10-6-2-4-8-13-10/h2,4,6,8-9,12H,1,3,5,7H2,(H,13,14,15)/t9-/m1/s1. The van der Waals surface area contributed by atoms with Gasteiger partial charge in [0.1, 0.15) is 5.82 Å². The van der Waals surface area contributed by atoms with Crippen LogP contribution in [0.25, 0.3) is 0 Å². The van der Waals surface area contributed by atoms with E-state index in [-0.39, 0.29) is 11.9 Å². The van der Waals surface area contributed by atoms with Gasteiger partial charge in [-0.25, -0.2) is 4.98 Å². The summed E-state index contributed by atoms with van der Waals surface area (Å²) in [7, 11) is 0.